The van der Waals surface area contributed by atoms with Crippen LogP contribution in [0.15, 0.2) is 53.4 Å². The zero-order chi connectivity index (χ0) is 24.2. The van der Waals surface area contributed by atoms with E-state index in [0.717, 1.165) is 31.4 Å². The van der Waals surface area contributed by atoms with E-state index in [1.165, 1.54) is 36.8 Å². The third kappa shape index (κ3) is 7.45. The highest BCUT2D eigenvalue weighted by Crippen LogP contribution is 3.02. The lowest BCUT2D eigenvalue weighted by atomic mass is 9.78. The number of carbonyl (C=O) groups is 1. The molecule has 3 rings (SSSR count). The van der Waals surface area contributed by atoms with E-state index < -0.39 is 21.1 Å². The lowest BCUT2D eigenvalue weighted by Gasteiger charge is -2.40. The standard InChI is InChI=1S/C25H31F5O2S/c1-2-3-4-5-6-19-7-9-20(10-8-19)21-11-13-22(14-12-21)25(31)32-23-15-17-24(18-16-23)33(26,27,28,29)30/h7-10,15-18,21-22H,2-6,11-14H2,1H3. The van der Waals surface area contributed by atoms with Crippen molar-refractivity contribution in [2.24, 2.45) is 5.92 Å². The monoisotopic (exact) mass is 490 g/mol. The number of carbonyl (C=O) groups excluding carboxylic acids is 1. The third-order valence-corrected chi connectivity index (χ3v) is 7.48. The molecule has 1 saturated carbocycles. The summed E-state index contributed by atoms with van der Waals surface area (Å²) < 4.78 is 69.2. The van der Waals surface area contributed by atoms with E-state index in [2.05, 4.69) is 31.2 Å². The summed E-state index contributed by atoms with van der Waals surface area (Å²) in [6.07, 6.45) is 8.89. The summed E-state index contributed by atoms with van der Waals surface area (Å²) in [6, 6.07) is 10.7. The van der Waals surface area contributed by atoms with Crippen molar-refractivity contribution in [3.05, 3.63) is 59.7 Å². The van der Waals surface area contributed by atoms with E-state index in [4.69, 9.17) is 4.74 Å². The van der Waals surface area contributed by atoms with E-state index in [1.807, 2.05) is 0 Å². The van der Waals surface area contributed by atoms with E-state index in [-0.39, 0.29) is 23.8 Å². The molecule has 1 fully saturated rings. The van der Waals surface area contributed by atoms with Gasteiger partial charge in [0.25, 0.3) is 0 Å². The first-order chi connectivity index (χ1) is 15.4. The highest BCUT2D eigenvalue weighted by Gasteiger charge is 2.65. The summed E-state index contributed by atoms with van der Waals surface area (Å²) in [4.78, 5) is 10.4. The van der Waals surface area contributed by atoms with Crippen molar-refractivity contribution in [3.8, 4) is 5.75 Å². The topological polar surface area (TPSA) is 26.3 Å². The van der Waals surface area contributed by atoms with Gasteiger partial charge in [-0.2, -0.15) is 0 Å². The lowest BCUT2D eigenvalue weighted by Crippen LogP contribution is -2.25. The summed E-state index contributed by atoms with van der Waals surface area (Å²) in [7, 11) is -9.73. The Bertz CT molecular complexity index is 932. The molecular formula is C25H31F5O2S. The molecular weight excluding hydrogens is 459 g/mol. The number of halogens is 5. The summed E-state index contributed by atoms with van der Waals surface area (Å²) in [5, 5.41) is 0. The van der Waals surface area contributed by atoms with Gasteiger partial charge in [-0.1, -0.05) is 69.9 Å². The molecule has 8 heteroatoms. The van der Waals surface area contributed by atoms with Crippen molar-refractivity contribution < 1.29 is 29.0 Å². The predicted octanol–water partition coefficient (Wildman–Crippen LogP) is 9.35. The minimum Gasteiger partial charge on any atom is -0.426 e. The molecule has 0 saturated heterocycles. The Labute approximate surface area is 192 Å². The van der Waals surface area contributed by atoms with Crippen LogP contribution in [0.2, 0.25) is 0 Å². The van der Waals surface area contributed by atoms with Crippen LogP contribution in [0, 0.1) is 5.92 Å². The van der Waals surface area contributed by atoms with Gasteiger partial charge in [0.2, 0.25) is 0 Å². The number of hydrogen-bond acceptors (Lipinski definition) is 2. The Morgan fingerprint density at radius 3 is 2.00 bits per heavy atom. The van der Waals surface area contributed by atoms with E-state index in [0.29, 0.717) is 18.8 Å². The summed E-state index contributed by atoms with van der Waals surface area (Å²) in [5.74, 6) is -0.687. The van der Waals surface area contributed by atoms with Crippen molar-refractivity contribution in [2.75, 3.05) is 0 Å². The Kier molecular flexibility index (Phi) is 7.18. The van der Waals surface area contributed by atoms with Gasteiger partial charge >= 0.3 is 16.2 Å². The maximum absolute atomic E-state index is 12.8. The molecule has 1 aliphatic carbocycles. The molecule has 0 heterocycles. The molecule has 0 aromatic heterocycles. The minimum atomic E-state index is -9.73. The SMILES string of the molecule is CCCCCCc1ccc(C2CCC(C(=O)Oc3ccc(S(F)(F)(F)(F)F)cc3)CC2)cc1. The van der Waals surface area contributed by atoms with Crippen LogP contribution in [0.5, 0.6) is 5.75 Å². The predicted molar refractivity (Wildman–Crippen MR) is 122 cm³/mol. The molecule has 1 aliphatic rings. The molecule has 0 radical (unpaired) electrons. The van der Waals surface area contributed by atoms with Crippen LogP contribution in [0.1, 0.15) is 75.3 Å². The van der Waals surface area contributed by atoms with Crippen molar-refractivity contribution in [1.29, 1.82) is 0 Å². The first-order valence-corrected chi connectivity index (χ1v) is 13.5. The molecule has 2 nitrogen and oxygen atoms in total. The second-order valence-corrected chi connectivity index (χ2v) is 11.4. The summed E-state index contributed by atoms with van der Waals surface area (Å²) in [6.45, 7) is 2.20. The van der Waals surface area contributed by atoms with Gasteiger partial charge in [-0.05, 0) is 79.8 Å². The number of ether oxygens (including phenoxy) is 1. The highest BCUT2D eigenvalue weighted by atomic mass is 32.5. The van der Waals surface area contributed by atoms with Crippen molar-refractivity contribution >= 4 is 16.2 Å². The molecule has 0 amide bonds. The van der Waals surface area contributed by atoms with Crippen LogP contribution in [0.4, 0.5) is 19.4 Å². The molecule has 0 N–H and O–H groups in total. The van der Waals surface area contributed by atoms with Gasteiger partial charge in [-0.3, -0.25) is 4.79 Å². The normalized spacial score (nSPS) is 21.2. The van der Waals surface area contributed by atoms with Crippen LogP contribution in [-0.2, 0) is 11.2 Å². The van der Waals surface area contributed by atoms with Crippen LogP contribution in [-0.4, -0.2) is 5.97 Å². The first-order valence-electron chi connectivity index (χ1n) is 11.5. The van der Waals surface area contributed by atoms with Crippen LogP contribution in [0.3, 0.4) is 0 Å². The van der Waals surface area contributed by atoms with Gasteiger partial charge in [0.15, 0.2) is 0 Å². The van der Waals surface area contributed by atoms with Gasteiger partial charge in [0.05, 0.1) is 5.92 Å². The van der Waals surface area contributed by atoms with Gasteiger partial charge in [0.1, 0.15) is 10.6 Å². The molecule has 0 aliphatic heterocycles. The minimum absolute atomic E-state index is 0.165. The van der Waals surface area contributed by atoms with E-state index in [1.54, 1.807) is 0 Å². The van der Waals surface area contributed by atoms with Gasteiger partial charge in [0, 0.05) is 0 Å². The van der Waals surface area contributed by atoms with Crippen LogP contribution in [0.25, 0.3) is 0 Å². The fourth-order valence-electron chi connectivity index (χ4n) is 4.34. The smallest absolute Gasteiger partial charge is 0.314 e. The summed E-state index contributed by atoms with van der Waals surface area (Å²) in [5.41, 5.74) is 2.59. The van der Waals surface area contributed by atoms with E-state index in [9.17, 15) is 24.2 Å². The quantitative estimate of drug-likeness (QED) is 0.151. The van der Waals surface area contributed by atoms with Gasteiger partial charge in [-0.25, -0.2) is 0 Å². The molecule has 0 spiro atoms. The van der Waals surface area contributed by atoms with E-state index >= 15 is 0 Å². The van der Waals surface area contributed by atoms with Gasteiger partial charge < -0.3 is 4.74 Å². The zero-order valence-corrected chi connectivity index (χ0v) is 19.6. The average Bonchev–Trinajstić information content (AvgIpc) is 2.76. The fourth-order valence-corrected chi connectivity index (χ4v) is 4.99. The molecule has 2 aromatic rings. The second kappa shape index (κ2) is 9.28. The number of esters is 1. The number of aryl methyl sites for hydroxylation is 1. The second-order valence-electron chi connectivity index (χ2n) is 8.96. The molecule has 0 atom stereocenters. The fraction of sp³-hybridized carbons (Fsp3) is 0.480. The van der Waals surface area contributed by atoms with Crippen molar-refractivity contribution in [1.82, 2.24) is 0 Å². The van der Waals surface area contributed by atoms with Crippen molar-refractivity contribution in [3.63, 3.8) is 0 Å². The Balaban J connectivity index is 1.49. The molecule has 0 unspecified atom stereocenters. The number of unbranched alkanes of at least 4 members (excludes halogenated alkanes) is 3. The first kappa shape index (κ1) is 25.5. The van der Waals surface area contributed by atoms with Crippen LogP contribution >= 0.6 is 10.2 Å². The average molecular weight is 491 g/mol. The Morgan fingerprint density at radius 1 is 0.848 bits per heavy atom. The molecule has 33 heavy (non-hydrogen) atoms. The Morgan fingerprint density at radius 2 is 1.45 bits per heavy atom. The number of benzene rings is 2. The Hall–Kier alpha value is -2.09. The molecule has 0 bridgehead atoms. The number of hydrogen-bond donors (Lipinski definition) is 0. The lowest BCUT2D eigenvalue weighted by molar-refractivity contribution is -0.140. The maximum Gasteiger partial charge on any atom is 0.314 e. The zero-order valence-electron chi connectivity index (χ0n) is 18.8. The maximum atomic E-state index is 12.8. The molecule has 184 valence electrons. The largest absolute Gasteiger partial charge is 0.426 e. The van der Waals surface area contributed by atoms with Crippen molar-refractivity contribution in [2.45, 2.75) is 75.5 Å². The summed E-state index contributed by atoms with van der Waals surface area (Å²) >= 11 is 0. The molecule has 2 aromatic carbocycles. The highest BCUT2D eigenvalue weighted by molar-refractivity contribution is 8.45. The third-order valence-electron chi connectivity index (χ3n) is 6.32. The van der Waals surface area contributed by atoms with Crippen LogP contribution < -0.4 is 4.74 Å². The van der Waals surface area contributed by atoms with Gasteiger partial charge in [-0.15, -0.1) is 0 Å². The number of rotatable bonds is 9.